The second kappa shape index (κ2) is 5.78. The Balaban J connectivity index is 1.35. The second-order valence-electron chi connectivity index (χ2n) is 6.15. The van der Waals surface area contributed by atoms with Crippen LogP contribution in [0.25, 0.3) is 5.57 Å². The number of nitrogens with one attached hydrogen (secondary N) is 1. The zero-order chi connectivity index (χ0) is 14.1. The van der Waals surface area contributed by atoms with Gasteiger partial charge in [-0.1, -0.05) is 12.2 Å². The average molecular weight is 299 g/mol. The van der Waals surface area contributed by atoms with Crippen molar-refractivity contribution in [3.63, 3.8) is 0 Å². The van der Waals surface area contributed by atoms with Crippen LogP contribution in [-0.4, -0.2) is 36.9 Å². The molecule has 1 aliphatic heterocycles. The minimum atomic E-state index is 0.438. The van der Waals surface area contributed by atoms with E-state index in [1.165, 1.54) is 36.1 Å². The van der Waals surface area contributed by atoms with E-state index in [9.17, 15) is 0 Å². The number of rotatable bonds is 6. The van der Waals surface area contributed by atoms with E-state index in [0.29, 0.717) is 6.04 Å². The summed E-state index contributed by atoms with van der Waals surface area (Å²) in [4.78, 5) is 0. The predicted molar refractivity (Wildman–Crippen MR) is 89.6 cm³/mol. The molecule has 21 heavy (non-hydrogen) atoms. The highest BCUT2D eigenvalue weighted by molar-refractivity contribution is 7.08. The minimum absolute atomic E-state index is 0.438. The van der Waals surface area contributed by atoms with E-state index in [1.807, 2.05) is 6.21 Å². The highest BCUT2D eigenvalue weighted by Gasteiger charge is 2.28. The van der Waals surface area contributed by atoms with Crippen LogP contribution in [0, 0.1) is 5.92 Å². The van der Waals surface area contributed by atoms with Gasteiger partial charge in [0.05, 0.1) is 12.3 Å². The highest BCUT2D eigenvalue weighted by Crippen LogP contribution is 2.33. The fourth-order valence-corrected chi connectivity index (χ4v) is 3.71. The predicted octanol–water partition coefficient (Wildman–Crippen LogP) is 3.13. The molecule has 4 rings (SSSR count). The van der Waals surface area contributed by atoms with Crippen LogP contribution in [0.3, 0.4) is 0 Å². The summed E-state index contributed by atoms with van der Waals surface area (Å²) < 4.78 is 0. The van der Waals surface area contributed by atoms with Gasteiger partial charge in [-0.15, -0.1) is 0 Å². The molecule has 0 amide bonds. The van der Waals surface area contributed by atoms with Crippen LogP contribution in [0.4, 0.5) is 0 Å². The smallest absolute Gasteiger partial charge is 0.0776 e. The van der Waals surface area contributed by atoms with Crippen molar-refractivity contribution in [2.45, 2.75) is 25.3 Å². The maximum absolute atomic E-state index is 4.60. The first-order valence-electron chi connectivity index (χ1n) is 7.85. The van der Waals surface area contributed by atoms with Gasteiger partial charge < -0.3 is 5.32 Å². The Morgan fingerprint density at radius 2 is 2.29 bits per heavy atom. The number of hydrogen-bond donors (Lipinski definition) is 1. The summed E-state index contributed by atoms with van der Waals surface area (Å²) in [7, 11) is 0. The van der Waals surface area contributed by atoms with Gasteiger partial charge in [0.1, 0.15) is 0 Å². The number of thiophene rings is 1. The Hall–Kier alpha value is -1.39. The van der Waals surface area contributed by atoms with Gasteiger partial charge in [0, 0.05) is 13.1 Å². The van der Waals surface area contributed by atoms with E-state index in [2.05, 4.69) is 44.4 Å². The van der Waals surface area contributed by atoms with E-state index in [0.717, 1.165) is 25.4 Å². The van der Waals surface area contributed by atoms with Crippen molar-refractivity contribution in [1.82, 2.24) is 10.3 Å². The monoisotopic (exact) mass is 299 g/mol. The largest absolute Gasteiger partial charge is 0.315 e. The molecule has 1 aromatic rings. The summed E-state index contributed by atoms with van der Waals surface area (Å²) in [5.74, 6) is 0.949. The summed E-state index contributed by atoms with van der Waals surface area (Å²) in [6.45, 7) is 3.22. The molecule has 1 atom stereocenters. The van der Waals surface area contributed by atoms with Crippen LogP contribution in [0.1, 0.15) is 24.8 Å². The molecule has 0 spiro atoms. The summed E-state index contributed by atoms with van der Waals surface area (Å²) in [6, 6.07) is 2.65. The molecule has 2 heterocycles. The Labute approximate surface area is 130 Å². The molecule has 0 bridgehead atoms. The van der Waals surface area contributed by atoms with Crippen molar-refractivity contribution in [3.8, 4) is 0 Å². The van der Waals surface area contributed by atoms with Gasteiger partial charge in [0.15, 0.2) is 0 Å². The summed E-state index contributed by atoms with van der Waals surface area (Å²) >= 11 is 1.77. The van der Waals surface area contributed by atoms with E-state index in [-0.39, 0.29) is 0 Å². The quantitative estimate of drug-likeness (QED) is 0.817. The van der Waals surface area contributed by atoms with E-state index in [4.69, 9.17) is 0 Å². The number of hydrazone groups is 1. The van der Waals surface area contributed by atoms with E-state index in [1.54, 1.807) is 11.3 Å². The zero-order valence-electron chi connectivity index (χ0n) is 12.2. The summed E-state index contributed by atoms with van der Waals surface area (Å²) in [6.07, 6.45) is 10.4. The molecule has 1 saturated carbocycles. The summed E-state index contributed by atoms with van der Waals surface area (Å²) in [5.41, 5.74) is 4.16. The van der Waals surface area contributed by atoms with Crippen LogP contribution in [0.15, 0.2) is 39.7 Å². The fourth-order valence-electron chi connectivity index (χ4n) is 3.03. The van der Waals surface area contributed by atoms with Crippen LogP contribution < -0.4 is 5.32 Å². The number of hydrogen-bond acceptors (Lipinski definition) is 4. The van der Waals surface area contributed by atoms with E-state index < -0.39 is 0 Å². The minimum Gasteiger partial charge on any atom is -0.315 e. The molecule has 3 nitrogen and oxygen atoms in total. The van der Waals surface area contributed by atoms with Gasteiger partial charge in [-0.05, 0) is 65.3 Å². The van der Waals surface area contributed by atoms with Crippen molar-refractivity contribution in [2.24, 2.45) is 11.0 Å². The third-order valence-electron chi connectivity index (χ3n) is 4.53. The first-order chi connectivity index (χ1) is 10.4. The van der Waals surface area contributed by atoms with Crippen molar-refractivity contribution >= 4 is 23.1 Å². The SMILES string of the molecule is C1=NN(CCNCC2CC2)C2CC(c3ccsc3)=CC=C12. The van der Waals surface area contributed by atoms with Crippen LogP contribution in [-0.2, 0) is 0 Å². The highest BCUT2D eigenvalue weighted by atomic mass is 32.1. The second-order valence-corrected chi connectivity index (χ2v) is 6.93. The van der Waals surface area contributed by atoms with Gasteiger partial charge in [-0.3, -0.25) is 5.01 Å². The summed E-state index contributed by atoms with van der Waals surface area (Å²) in [5, 5.41) is 14.8. The van der Waals surface area contributed by atoms with Crippen LogP contribution in [0.2, 0.25) is 0 Å². The average Bonchev–Trinajstić information content (AvgIpc) is 3.02. The lowest BCUT2D eigenvalue weighted by molar-refractivity contribution is 0.253. The molecule has 1 fully saturated rings. The molecule has 2 aliphatic carbocycles. The Bertz CT molecular complexity index is 581. The first kappa shape index (κ1) is 13.3. The van der Waals surface area contributed by atoms with Gasteiger partial charge in [0.2, 0.25) is 0 Å². The first-order valence-corrected chi connectivity index (χ1v) is 8.79. The third-order valence-corrected chi connectivity index (χ3v) is 5.21. The maximum atomic E-state index is 4.60. The van der Waals surface area contributed by atoms with Crippen molar-refractivity contribution < 1.29 is 0 Å². The fraction of sp³-hybridized carbons (Fsp3) is 0.471. The molecule has 3 aliphatic rings. The van der Waals surface area contributed by atoms with Gasteiger partial charge in [-0.2, -0.15) is 16.4 Å². The van der Waals surface area contributed by atoms with Gasteiger partial charge in [0.25, 0.3) is 0 Å². The topological polar surface area (TPSA) is 27.6 Å². The molecular formula is C17H21N3S. The third kappa shape index (κ3) is 2.97. The van der Waals surface area contributed by atoms with Crippen molar-refractivity contribution in [3.05, 3.63) is 40.1 Å². The molecular weight excluding hydrogens is 278 g/mol. The Morgan fingerprint density at radius 1 is 1.33 bits per heavy atom. The number of nitrogens with zero attached hydrogens (tertiary/aromatic N) is 2. The Morgan fingerprint density at radius 3 is 3.10 bits per heavy atom. The standard InChI is InChI=1S/C17H21N3S/c1-2-13(1)10-18-6-7-20-17-9-14(16-5-8-21-12-16)3-4-15(17)11-19-20/h3-5,8,11-13,17-18H,1-2,6-7,9-10H2. The lowest BCUT2D eigenvalue weighted by atomic mass is 9.91. The van der Waals surface area contributed by atoms with Gasteiger partial charge in [-0.25, -0.2) is 0 Å². The molecule has 0 radical (unpaired) electrons. The van der Waals surface area contributed by atoms with Gasteiger partial charge >= 0.3 is 0 Å². The van der Waals surface area contributed by atoms with Crippen molar-refractivity contribution in [1.29, 1.82) is 0 Å². The van der Waals surface area contributed by atoms with E-state index >= 15 is 0 Å². The number of allylic oxidation sites excluding steroid dienone is 2. The van der Waals surface area contributed by atoms with Crippen molar-refractivity contribution in [2.75, 3.05) is 19.6 Å². The molecule has 110 valence electrons. The molecule has 0 saturated heterocycles. The molecule has 1 aromatic heterocycles. The molecule has 1 unspecified atom stereocenters. The zero-order valence-corrected chi connectivity index (χ0v) is 13.0. The lowest BCUT2D eigenvalue weighted by Gasteiger charge is -2.27. The maximum Gasteiger partial charge on any atom is 0.0776 e. The molecule has 1 N–H and O–H groups in total. The molecule has 4 heteroatoms. The lowest BCUT2D eigenvalue weighted by Crippen LogP contribution is -2.35. The van der Waals surface area contributed by atoms with Crippen LogP contribution >= 0.6 is 11.3 Å². The number of fused-ring (bicyclic) bond motifs is 1. The Kier molecular flexibility index (Phi) is 3.65. The molecule has 0 aromatic carbocycles. The van der Waals surface area contributed by atoms with Crippen LogP contribution in [0.5, 0.6) is 0 Å². The normalized spacial score (nSPS) is 24.0.